The van der Waals surface area contributed by atoms with Gasteiger partial charge in [-0.3, -0.25) is 14.6 Å². The van der Waals surface area contributed by atoms with Crippen molar-refractivity contribution in [3.8, 4) is 0 Å². The lowest BCUT2D eigenvalue weighted by atomic mass is 9.78. The van der Waals surface area contributed by atoms with Crippen LogP contribution >= 0.6 is 11.8 Å². The second kappa shape index (κ2) is 9.98. The fourth-order valence-corrected chi connectivity index (χ4v) is 7.53. The number of hydrogen-bond donors (Lipinski definition) is 0. The summed E-state index contributed by atoms with van der Waals surface area (Å²) < 4.78 is 0. The predicted molar refractivity (Wildman–Crippen MR) is 128 cm³/mol. The van der Waals surface area contributed by atoms with Crippen LogP contribution in [0.4, 0.5) is 0 Å². The maximum absolute atomic E-state index is 13.4. The van der Waals surface area contributed by atoms with Crippen molar-refractivity contribution in [3.63, 3.8) is 0 Å². The zero-order valence-electron chi connectivity index (χ0n) is 19.0. The van der Waals surface area contributed by atoms with E-state index in [0.717, 1.165) is 49.7 Å². The van der Waals surface area contributed by atoms with E-state index in [4.69, 9.17) is 0 Å². The number of rotatable bonds is 4. The van der Waals surface area contributed by atoms with E-state index in [2.05, 4.69) is 16.0 Å². The maximum Gasteiger partial charge on any atom is 0.230 e. The van der Waals surface area contributed by atoms with Gasteiger partial charge in [-0.25, -0.2) is 0 Å². The maximum atomic E-state index is 13.4. The summed E-state index contributed by atoms with van der Waals surface area (Å²) >= 11 is 1.89. The molecule has 2 saturated heterocycles. The van der Waals surface area contributed by atoms with Crippen LogP contribution < -0.4 is 0 Å². The Morgan fingerprint density at radius 2 is 1.84 bits per heavy atom. The van der Waals surface area contributed by atoms with Crippen LogP contribution in [0.3, 0.4) is 0 Å². The molecule has 172 valence electrons. The lowest BCUT2D eigenvalue weighted by Gasteiger charge is -2.44. The summed E-state index contributed by atoms with van der Waals surface area (Å²) in [6.45, 7) is 2.59. The molecule has 5 rings (SSSR count). The third kappa shape index (κ3) is 4.75. The molecule has 2 amide bonds. The molecule has 0 radical (unpaired) electrons. The topological polar surface area (TPSA) is 53.5 Å². The van der Waals surface area contributed by atoms with E-state index in [0.29, 0.717) is 24.3 Å². The number of hydrogen-bond acceptors (Lipinski definition) is 4. The van der Waals surface area contributed by atoms with Gasteiger partial charge in [-0.2, -0.15) is 0 Å². The minimum atomic E-state index is 0.0564. The largest absolute Gasteiger partial charge is 0.342 e. The number of thioether (sulfide) groups is 1. The van der Waals surface area contributed by atoms with Gasteiger partial charge in [0, 0.05) is 43.8 Å². The van der Waals surface area contributed by atoms with Crippen molar-refractivity contribution in [3.05, 3.63) is 41.1 Å². The zero-order chi connectivity index (χ0) is 21.9. The van der Waals surface area contributed by atoms with E-state index in [9.17, 15) is 9.59 Å². The molecular weight excluding hydrogens is 418 g/mol. The van der Waals surface area contributed by atoms with Crippen LogP contribution in [0.5, 0.6) is 0 Å². The van der Waals surface area contributed by atoms with Crippen molar-refractivity contribution in [1.29, 1.82) is 0 Å². The Kier molecular flexibility index (Phi) is 6.86. The van der Waals surface area contributed by atoms with E-state index in [-0.39, 0.29) is 11.8 Å². The first-order valence-electron chi connectivity index (χ1n) is 12.5. The SMILES string of the molecule is O=C(Cc1cccnc1)N1CCC(C2=CC(C(=O)N3CCCC4CCCCC43)CS2)CC1. The molecule has 6 heteroatoms. The lowest BCUT2D eigenvalue weighted by Crippen LogP contribution is -2.51. The van der Waals surface area contributed by atoms with E-state index in [1.54, 1.807) is 12.4 Å². The molecule has 3 aliphatic heterocycles. The van der Waals surface area contributed by atoms with Crippen LogP contribution in [0.25, 0.3) is 0 Å². The van der Waals surface area contributed by atoms with Crippen LogP contribution in [0, 0.1) is 17.8 Å². The first kappa shape index (κ1) is 22.0. The molecule has 0 bridgehead atoms. The van der Waals surface area contributed by atoms with Gasteiger partial charge in [-0.1, -0.05) is 25.0 Å². The van der Waals surface area contributed by atoms with Gasteiger partial charge in [0.15, 0.2) is 0 Å². The molecule has 1 saturated carbocycles. The summed E-state index contributed by atoms with van der Waals surface area (Å²) in [6.07, 6.45) is 15.9. The number of allylic oxidation sites excluding steroid dienone is 1. The van der Waals surface area contributed by atoms with Crippen LogP contribution in [0.1, 0.15) is 56.9 Å². The van der Waals surface area contributed by atoms with Gasteiger partial charge in [0.1, 0.15) is 0 Å². The minimum Gasteiger partial charge on any atom is -0.342 e. The summed E-state index contributed by atoms with van der Waals surface area (Å²) in [5, 5.41) is 0. The number of carbonyl (C=O) groups is 2. The average molecular weight is 454 g/mol. The van der Waals surface area contributed by atoms with Crippen LogP contribution in [-0.2, 0) is 16.0 Å². The monoisotopic (exact) mass is 453 g/mol. The van der Waals surface area contributed by atoms with Crippen molar-refractivity contribution in [2.75, 3.05) is 25.4 Å². The standard InChI is InChI=1S/C26H35N3O2S/c30-25(15-19-5-3-11-27-17-19)28-13-9-21(10-14-28)24-16-22(18-32-24)26(31)29-12-4-7-20-6-1-2-8-23(20)29/h3,5,11,16-17,20-23H,1-2,4,6-10,12-15,18H2. The summed E-state index contributed by atoms with van der Waals surface area (Å²) in [5.41, 5.74) is 0.980. The van der Waals surface area contributed by atoms with Gasteiger partial charge in [-0.15, -0.1) is 11.8 Å². The molecule has 0 aromatic carbocycles. The second-order valence-electron chi connectivity index (χ2n) is 9.97. The molecule has 4 heterocycles. The zero-order valence-corrected chi connectivity index (χ0v) is 19.8. The Bertz CT molecular complexity index is 848. The van der Waals surface area contributed by atoms with Gasteiger partial charge >= 0.3 is 0 Å². The molecule has 32 heavy (non-hydrogen) atoms. The normalized spacial score (nSPS) is 28.9. The van der Waals surface area contributed by atoms with Gasteiger partial charge in [-0.05, 0) is 66.9 Å². The molecule has 4 aliphatic rings. The summed E-state index contributed by atoms with van der Waals surface area (Å²) in [5.74, 6) is 2.79. The second-order valence-corrected chi connectivity index (χ2v) is 11.1. The van der Waals surface area contributed by atoms with Crippen LogP contribution in [0.15, 0.2) is 35.5 Å². The number of fused-ring (bicyclic) bond motifs is 1. The average Bonchev–Trinajstić information content (AvgIpc) is 3.34. The molecule has 0 N–H and O–H groups in total. The molecule has 5 nitrogen and oxygen atoms in total. The highest BCUT2D eigenvalue weighted by Crippen LogP contribution is 2.41. The molecule has 1 aliphatic carbocycles. The Morgan fingerprint density at radius 1 is 1.03 bits per heavy atom. The quantitative estimate of drug-likeness (QED) is 0.682. The van der Waals surface area contributed by atoms with E-state index >= 15 is 0 Å². The molecule has 1 aromatic heterocycles. The first-order chi connectivity index (χ1) is 15.7. The lowest BCUT2D eigenvalue weighted by molar-refractivity contribution is -0.139. The third-order valence-corrected chi connectivity index (χ3v) is 9.30. The predicted octanol–water partition coefficient (Wildman–Crippen LogP) is 4.29. The minimum absolute atomic E-state index is 0.0564. The number of pyridine rings is 1. The number of aromatic nitrogens is 1. The molecule has 0 spiro atoms. The Labute approximate surface area is 196 Å². The van der Waals surface area contributed by atoms with E-state index < -0.39 is 0 Å². The van der Waals surface area contributed by atoms with Gasteiger partial charge in [0.25, 0.3) is 0 Å². The molecule has 3 unspecified atom stereocenters. The van der Waals surface area contributed by atoms with Gasteiger partial charge in [0.2, 0.25) is 11.8 Å². The molecule has 3 atom stereocenters. The van der Waals surface area contributed by atoms with E-state index in [1.807, 2.05) is 28.8 Å². The van der Waals surface area contributed by atoms with E-state index in [1.165, 1.54) is 43.4 Å². The third-order valence-electron chi connectivity index (χ3n) is 7.97. The van der Waals surface area contributed by atoms with Crippen molar-refractivity contribution < 1.29 is 9.59 Å². The summed E-state index contributed by atoms with van der Waals surface area (Å²) in [7, 11) is 0. The van der Waals surface area contributed by atoms with Gasteiger partial charge < -0.3 is 9.80 Å². The van der Waals surface area contributed by atoms with Crippen molar-refractivity contribution in [2.45, 2.75) is 63.8 Å². The smallest absolute Gasteiger partial charge is 0.230 e. The summed E-state index contributed by atoms with van der Waals surface area (Å²) in [4.78, 5) is 35.8. The van der Waals surface area contributed by atoms with Crippen molar-refractivity contribution in [2.24, 2.45) is 17.8 Å². The summed E-state index contributed by atoms with van der Waals surface area (Å²) in [6, 6.07) is 4.35. The Morgan fingerprint density at radius 3 is 2.66 bits per heavy atom. The Balaban J connectivity index is 1.15. The molecular formula is C26H35N3O2S. The highest BCUT2D eigenvalue weighted by atomic mass is 32.2. The number of amides is 2. The highest BCUT2D eigenvalue weighted by Gasteiger charge is 2.39. The van der Waals surface area contributed by atoms with Gasteiger partial charge in [0.05, 0.1) is 12.3 Å². The molecule has 3 fully saturated rings. The number of piperidine rings is 2. The number of nitrogens with zero attached hydrogens (tertiary/aromatic N) is 3. The van der Waals surface area contributed by atoms with Crippen molar-refractivity contribution in [1.82, 2.24) is 14.8 Å². The fourth-order valence-electron chi connectivity index (χ4n) is 6.19. The van der Waals surface area contributed by atoms with Crippen LogP contribution in [0.2, 0.25) is 0 Å². The van der Waals surface area contributed by atoms with Crippen molar-refractivity contribution >= 4 is 23.6 Å². The Hall–Kier alpha value is -1.82. The van der Waals surface area contributed by atoms with Crippen LogP contribution in [-0.4, -0.2) is 58.0 Å². The fraction of sp³-hybridized carbons (Fsp3) is 0.654. The number of carbonyl (C=O) groups excluding carboxylic acids is 2. The number of likely N-dealkylation sites (tertiary alicyclic amines) is 2. The molecule has 1 aromatic rings. The highest BCUT2D eigenvalue weighted by molar-refractivity contribution is 8.03. The first-order valence-corrected chi connectivity index (χ1v) is 13.5.